The molecule has 9 heavy (non-hydrogen) atoms. The number of hydrogen-bond acceptors (Lipinski definition) is 2. The Morgan fingerprint density at radius 2 is 2.33 bits per heavy atom. The van der Waals surface area contributed by atoms with Crippen LogP contribution in [0.15, 0.2) is 0 Å². The van der Waals surface area contributed by atoms with Crippen molar-refractivity contribution < 1.29 is 4.74 Å². The highest BCUT2D eigenvalue weighted by atomic mass is 32.2. The molecule has 0 bridgehead atoms. The molecule has 1 saturated heterocycles. The summed E-state index contributed by atoms with van der Waals surface area (Å²) in [5.41, 5.74) is 0. The van der Waals surface area contributed by atoms with Crippen LogP contribution in [0.5, 0.6) is 0 Å². The molecule has 54 valence electrons. The Bertz CT molecular complexity index is 85.0. The van der Waals surface area contributed by atoms with Gasteiger partial charge in [0.15, 0.2) is 0 Å². The largest absolute Gasteiger partial charge is 0.381 e. The second-order valence-corrected chi connectivity index (χ2v) is 4.11. The van der Waals surface area contributed by atoms with Crippen molar-refractivity contribution in [2.24, 2.45) is 0 Å². The molecule has 0 aliphatic carbocycles. The molecule has 1 heterocycles. The van der Waals surface area contributed by atoms with Crippen LogP contribution in [-0.2, 0) is 4.74 Å². The first-order valence-electron chi connectivity index (χ1n) is 3.47. The molecule has 0 aromatic heterocycles. The van der Waals surface area contributed by atoms with Gasteiger partial charge in [0.25, 0.3) is 0 Å². The van der Waals surface area contributed by atoms with Gasteiger partial charge < -0.3 is 4.74 Å². The van der Waals surface area contributed by atoms with E-state index in [9.17, 15) is 0 Å². The van der Waals surface area contributed by atoms with Crippen molar-refractivity contribution in [3.05, 3.63) is 0 Å². The summed E-state index contributed by atoms with van der Waals surface area (Å²) in [6.45, 7) is 2.27. The molecule has 0 spiro atoms. The zero-order chi connectivity index (χ0) is 6.69. The third kappa shape index (κ3) is 2.18. The molecule has 2 unspecified atom stereocenters. The van der Waals surface area contributed by atoms with Gasteiger partial charge in [-0.2, -0.15) is 11.8 Å². The third-order valence-corrected chi connectivity index (χ3v) is 3.00. The van der Waals surface area contributed by atoms with E-state index in [1.807, 2.05) is 7.11 Å². The lowest BCUT2D eigenvalue weighted by Crippen LogP contribution is -2.21. The fourth-order valence-corrected chi connectivity index (χ4v) is 2.32. The van der Waals surface area contributed by atoms with E-state index >= 15 is 0 Å². The fraction of sp³-hybridized carbons (Fsp3) is 1.00. The van der Waals surface area contributed by atoms with E-state index in [2.05, 4.69) is 18.7 Å². The van der Waals surface area contributed by atoms with Gasteiger partial charge in [0.1, 0.15) is 0 Å². The third-order valence-electron chi connectivity index (χ3n) is 1.77. The normalized spacial score (nSPS) is 36.7. The van der Waals surface area contributed by atoms with Gasteiger partial charge in [0.2, 0.25) is 0 Å². The average molecular weight is 146 g/mol. The van der Waals surface area contributed by atoms with Gasteiger partial charge in [-0.1, -0.05) is 6.92 Å². The van der Waals surface area contributed by atoms with Gasteiger partial charge in [0, 0.05) is 12.4 Å². The quantitative estimate of drug-likeness (QED) is 0.559. The molecule has 0 aromatic carbocycles. The van der Waals surface area contributed by atoms with Crippen molar-refractivity contribution >= 4 is 11.8 Å². The number of methoxy groups -OCH3 is 1. The lowest BCUT2D eigenvalue weighted by molar-refractivity contribution is 0.0909. The van der Waals surface area contributed by atoms with E-state index in [0.29, 0.717) is 6.10 Å². The van der Waals surface area contributed by atoms with Crippen LogP contribution in [0.2, 0.25) is 0 Å². The molecule has 0 aromatic rings. The number of ether oxygens (including phenoxy) is 1. The van der Waals surface area contributed by atoms with E-state index in [-0.39, 0.29) is 0 Å². The summed E-state index contributed by atoms with van der Waals surface area (Å²) in [4.78, 5) is 0. The Morgan fingerprint density at radius 1 is 1.56 bits per heavy atom. The van der Waals surface area contributed by atoms with Crippen molar-refractivity contribution in [3.63, 3.8) is 0 Å². The van der Waals surface area contributed by atoms with Gasteiger partial charge in [-0.15, -0.1) is 0 Å². The molecule has 0 saturated carbocycles. The molecular formula is C7H14OS. The average Bonchev–Trinajstić information content (AvgIpc) is 1.88. The van der Waals surface area contributed by atoms with Gasteiger partial charge >= 0.3 is 0 Å². The Hall–Kier alpha value is 0.310. The molecular weight excluding hydrogens is 132 g/mol. The highest BCUT2D eigenvalue weighted by Gasteiger charge is 2.17. The first-order chi connectivity index (χ1) is 4.33. The van der Waals surface area contributed by atoms with Gasteiger partial charge in [0.05, 0.1) is 6.10 Å². The Morgan fingerprint density at radius 3 is 2.78 bits per heavy atom. The van der Waals surface area contributed by atoms with Gasteiger partial charge in [-0.05, 0) is 18.6 Å². The molecule has 1 rings (SSSR count). The Kier molecular flexibility index (Phi) is 2.86. The number of rotatable bonds is 1. The minimum atomic E-state index is 0.543. The highest BCUT2D eigenvalue weighted by Crippen LogP contribution is 2.25. The summed E-state index contributed by atoms with van der Waals surface area (Å²) in [6.07, 6.45) is 3.02. The lowest BCUT2D eigenvalue weighted by atomic mass is 10.1. The lowest BCUT2D eigenvalue weighted by Gasteiger charge is -2.24. The second kappa shape index (κ2) is 3.47. The molecule has 0 radical (unpaired) electrons. The zero-order valence-corrected chi connectivity index (χ0v) is 6.91. The molecule has 1 fully saturated rings. The summed E-state index contributed by atoms with van der Waals surface area (Å²) in [5, 5.41) is 0.809. The smallest absolute Gasteiger partial charge is 0.0589 e. The zero-order valence-electron chi connectivity index (χ0n) is 6.09. The van der Waals surface area contributed by atoms with Crippen LogP contribution in [-0.4, -0.2) is 24.2 Å². The SMILES string of the molecule is COC1CCSC(C)C1. The van der Waals surface area contributed by atoms with Gasteiger partial charge in [-0.25, -0.2) is 0 Å². The second-order valence-electron chi connectivity index (χ2n) is 2.56. The first-order valence-corrected chi connectivity index (χ1v) is 4.52. The molecule has 0 amide bonds. The predicted molar refractivity (Wildman–Crippen MR) is 42.0 cm³/mol. The van der Waals surface area contributed by atoms with E-state index in [4.69, 9.17) is 4.74 Å². The first kappa shape index (κ1) is 7.42. The maximum Gasteiger partial charge on any atom is 0.0589 e. The van der Waals surface area contributed by atoms with E-state index in [1.54, 1.807) is 0 Å². The van der Waals surface area contributed by atoms with Crippen molar-refractivity contribution in [1.82, 2.24) is 0 Å². The van der Waals surface area contributed by atoms with Crippen molar-refractivity contribution in [2.45, 2.75) is 31.1 Å². The monoisotopic (exact) mass is 146 g/mol. The molecule has 1 aliphatic rings. The van der Waals surface area contributed by atoms with Crippen LogP contribution < -0.4 is 0 Å². The fourth-order valence-electron chi connectivity index (χ4n) is 1.17. The van der Waals surface area contributed by atoms with Crippen molar-refractivity contribution in [1.29, 1.82) is 0 Å². The molecule has 1 nitrogen and oxygen atoms in total. The molecule has 1 aliphatic heterocycles. The predicted octanol–water partition coefficient (Wildman–Crippen LogP) is 1.92. The topological polar surface area (TPSA) is 9.23 Å². The molecule has 2 heteroatoms. The van der Waals surface area contributed by atoms with Crippen LogP contribution in [0.4, 0.5) is 0 Å². The minimum absolute atomic E-state index is 0.543. The minimum Gasteiger partial charge on any atom is -0.381 e. The number of hydrogen-bond donors (Lipinski definition) is 0. The van der Waals surface area contributed by atoms with E-state index in [0.717, 1.165) is 5.25 Å². The van der Waals surface area contributed by atoms with Crippen LogP contribution in [0.3, 0.4) is 0 Å². The van der Waals surface area contributed by atoms with Crippen LogP contribution in [0.25, 0.3) is 0 Å². The van der Waals surface area contributed by atoms with Crippen molar-refractivity contribution in [3.8, 4) is 0 Å². The summed E-state index contributed by atoms with van der Waals surface area (Å²) < 4.78 is 5.25. The van der Waals surface area contributed by atoms with E-state index in [1.165, 1.54) is 18.6 Å². The molecule has 2 atom stereocenters. The van der Waals surface area contributed by atoms with Crippen LogP contribution in [0.1, 0.15) is 19.8 Å². The van der Waals surface area contributed by atoms with Crippen LogP contribution in [0, 0.1) is 0 Å². The standard InChI is InChI=1S/C7H14OS/c1-6-5-7(8-2)3-4-9-6/h6-7H,3-5H2,1-2H3. The number of thioether (sulfide) groups is 1. The van der Waals surface area contributed by atoms with Crippen molar-refractivity contribution in [2.75, 3.05) is 12.9 Å². The molecule has 0 N–H and O–H groups in total. The van der Waals surface area contributed by atoms with E-state index < -0.39 is 0 Å². The maximum absolute atomic E-state index is 5.25. The maximum atomic E-state index is 5.25. The Labute approximate surface area is 61.2 Å². The summed E-state index contributed by atoms with van der Waals surface area (Å²) in [6, 6.07) is 0. The summed E-state index contributed by atoms with van der Waals surface area (Å²) in [7, 11) is 1.81. The summed E-state index contributed by atoms with van der Waals surface area (Å²) in [5.74, 6) is 1.28. The van der Waals surface area contributed by atoms with Gasteiger partial charge in [-0.3, -0.25) is 0 Å². The highest BCUT2D eigenvalue weighted by molar-refractivity contribution is 7.99. The summed E-state index contributed by atoms with van der Waals surface area (Å²) >= 11 is 2.06. The van der Waals surface area contributed by atoms with Crippen LogP contribution >= 0.6 is 11.8 Å². The Balaban J connectivity index is 2.23.